The lowest BCUT2D eigenvalue weighted by Crippen LogP contribution is -2.47. The first-order chi connectivity index (χ1) is 19.5. The van der Waals surface area contributed by atoms with Gasteiger partial charge in [0.25, 0.3) is 0 Å². The number of nitrogens with zero attached hydrogens (tertiary/aromatic N) is 2. The molecule has 2 amide bonds. The minimum absolute atomic E-state index is 0.00471. The van der Waals surface area contributed by atoms with Gasteiger partial charge in [-0.15, -0.1) is 0 Å². The number of nitrogens with one attached hydrogen (secondary N) is 2. The molecule has 0 bridgehead atoms. The lowest BCUT2D eigenvalue weighted by Gasteiger charge is -2.33. The van der Waals surface area contributed by atoms with Crippen LogP contribution in [0.25, 0.3) is 0 Å². The minimum Gasteiger partial charge on any atom is -0.508 e. The Kier molecular flexibility index (Phi) is 9.47. The molecule has 3 N–H and O–H groups in total. The molecule has 2 fully saturated rings. The average Bonchev–Trinajstić information content (AvgIpc) is 3.48. The summed E-state index contributed by atoms with van der Waals surface area (Å²) in [6.45, 7) is 4.33. The van der Waals surface area contributed by atoms with Crippen molar-refractivity contribution >= 4 is 23.2 Å². The van der Waals surface area contributed by atoms with Gasteiger partial charge in [0.1, 0.15) is 5.75 Å². The van der Waals surface area contributed by atoms with Gasteiger partial charge in [0.15, 0.2) is 0 Å². The maximum atomic E-state index is 13.4. The molecule has 3 aromatic rings. The first-order valence-electron chi connectivity index (χ1n) is 14.5. The molecule has 0 radical (unpaired) electrons. The van der Waals surface area contributed by atoms with Crippen molar-refractivity contribution < 1.29 is 14.7 Å². The quantitative estimate of drug-likeness (QED) is 0.335. The van der Waals surface area contributed by atoms with Gasteiger partial charge in [-0.1, -0.05) is 42.8 Å². The second-order valence-corrected chi connectivity index (χ2v) is 11.1. The Labute approximate surface area is 237 Å². The van der Waals surface area contributed by atoms with Crippen molar-refractivity contribution in [3.05, 3.63) is 89.5 Å². The SMILES string of the molecule is O=C(CN1CCCC1)Nc1ccc(Cc2ccc(NC(=O)C(Cc3ccc(O)cc3)N3CCCCC3)cc2)cc1. The molecule has 0 aliphatic carbocycles. The van der Waals surface area contributed by atoms with Crippen LogP contribution in [0.2, 0.25) is 0 Å². The van der Waals surface area contributed by atoms with Gasteiger partial charge in [-0.3, -0.25) is 19.4 Å². The molecule has 5 rings (SSSR count). The van der Waals surface area contributed by atoms with Crippen LogP contribution in [0.1, 0.15) is 48.8 Å². The van der Waals surface area contributed by atoms with Crippen LogP contribution in [0.3, 0.4) is 0 Å². The maximum absolute atomic E-state index is 13.4. The summed E-state index contributed by atoms with van der Waals surface area (Å²) in [6, 6.07) is 22.9. The largest absolute Gasteiger partial charge is 0.508 e. The van der Waals surface area contributed by atoms with E-state index in [1.54, 1.807) is 12.1 Å². The number of piperidine rings is 1. The summed E-state index contributed by atoms with van der Waals surface area (Å²) in [5, 5.41) is 15.8. The highest BCUT2D eigenvalue weighted by Crippen LogP contribution is 2.21. The van der Waals surface area contributed by atoms with Crippen LogP contribution < -0.4 is 10.6 Å². The number of benzene rings is 3. The van der Waals surface area contributed by atoms with Gasteiger partial charge >= 0.3 is 0 Å². The number of phenols is 1. The average molecular weight is 541 g/mol. The third-order valence-corrected chi connectivity index (χ3v) is 7.93. The van der Waals surface area contributed by atoms with E-state index in [-0.39, 0.29) is 23.6 Å². The van der Waals surface area contributed by atoms with Crippen molar-refractivity contribution in [1.29, 1.82) is 0 Å². The lowest BCUT2D eigenvalue weighted by atomic mass is 10.0. The van der Waals surface area contributed by atoms with E-state index in [9.17, 15) is 14.7 Å². The summed E-state index contributed by atoms with van der Waals surface area (Å²) in [5.41, 5.74) is 4.96. The second kappa shape index (κ2) is 13.6. The molecular formula is C33H40N4O3. The number of aromatic hydroxyl groups is 1. The summed E-state index contributed by atoms with van der Waals surface area (Å²) in [6.07, 6.45) is 7.17. The van der Waals surface area contributed by atoms with Gasteiger partial charge < -0.3 is 15.7 Å². The normalized spacial score (nSPS) is 16.9. The van der Waals surface area contributed by atoms with E-state index in [0.29, 0.717) is 13.0 Å². The van der Waals surface area contributed by atoms with Crippen LogP contribution in [0.5, 0.6) is 5.75 Å². The zero-order valence-electron chi connectivity index (χ0n) is 23.1. The van der Waals surface area contributed by atoms with Crippen LogP contribution in [0, 0.1) is 0 Å². The van der Waals surface area contributed by atoms with Gasteiger partial charge in [0.05, 0.1) is 12.6 Å². The third-order valence-electron chi connectivity index (χ3n) is 7.93. The summed E-state index contributed by atoms with van der Waals surface area (Å²) < 4.78 is 0. The van der Waals surface area contributed by atoms with E-state index in [1.165, 1.54) is 19.3 Å². The van der Waals surface area contributed by atoms with E-state index < -0.39 is 0 Å². The molecule has 3 aromatic carbocycles. The lowest BCUT2D eigenvalue weighted by molar-refractivity contribution is -0.121. The predicted octanol–water partition coefficient (Wildman–Crippen LogP) is 5.05. The second-order valence-electron chi connectivity index (χ2n) is 11.1. The molecule has 0 aromatic heterocycles. The predicted molar refractivity (Wildman–Crippen MR) is 160 cm³/mol. The number of carbonyl (C=O) groups is 2. The van der Waals surface area contributed by atoms with E-state index in [2.05, 4.69) is 32.6 Å². The molecule has 2 aliphatic rings. The van der Waals surface area contributed by atoms with Crippen molar-refractivity contribution in [3.63, 3.8) is 0 Å². The van der Waals surface area contributed by atoms with Crippen LogP contribution in [-0.4, -0.2) is 65.5 Å². The number of hydrogen-bond acceptors (Lipinski definition) is 5. The molecule has 2 saturated heterocycles. The Morgan fingerprint density at radius 3 is 1.80 bits per heavy atom. The van der Waals surface area contributed by atoms with E-state index in [0.717, 1.165) is 73.5 Å². The number of anilines is 2. The highest BCUT2D eigenvalue weighted by atomic mass is 16.3. The number of carbonyl (C=O) groups excluding carboxylic acids is 2. The highest BCUT2D eigenvalue weighted by Gasteiger charge is 2.27. The first kappa shape index (κ1) is 27.9. The van der Waals surface area contributed by atoms with Crippen LogP contribution in [0.4, 0.5) is 11.4 Å². The summed E-state index contributed by atoms with van der Waals surface area (Å²) in [4.78, 5) is 30.2. The van der Waals surface area contributed by atoms with Gasteiger partial charge in [-0.2, -0.15) is 0 Å². The number of hydrogen-bond donors (Lipinski definition) is 3. The van der Waals surface area contributed by atoms with Crippen molar-refractivity contribution in [2.75, 3.05) is 43.4 Å². The monoisotopic (exact) mass is 540 g/mol. The molecular weight excluding hydrogens is 500 g/mol. The molecule has 0 spiro atoms. The summed E-state index contributed by atoms with van der Waals surface area (Å²) >= 11 is 0. The van der Waals surface area contributed by atoms with Crippen LogP contribution >= 0.6 is 0 Å². The maximum Gasteiger partial charge on any atom is 0.242 e. The van der Waals surface area contributed by atoms with Crippen molar-refractivity contribution in [2.45, 2.75) is 51.0 Å². The van der Waals surface area contributed by atoms with Gasteiger partial charge in [0, 0.05) is 11.4 Å². The van der Waals surface area contributed by atoms with Crippen molar-refractivity contribution in [3.8, 4) is 5.75 Å². The van der Waals surface area contributed by atoms with Gasteiger partial charge in [0.2, 0.25) is 11.8 Å². The fourth-order valence-electron chi connectivity index (χ4n) is 5.69. The van der Waals surface area contributed by atoms with Crippen LogP contribution in [-0.2, 0) is 22.4 Å². The summed E-state index contributed by atoms with van der Waals surface area (Å²) in [7, 11) is 0. The Morgan fingerprint density at radius 2 is 1.20 bits per heavy atom. The molecule has 210 valence electrons. The zero-order valence-corrected chi connectivity index (χ0v) is 23.1. The third kappa shape index (κ3) is 7.93. The first-order valence-corrected chi connectivity index (χ1v) is 14.5. The topological polar surface area (TPSA) is 84.9 Å². The van der Waals surface area contributed by atoms with Gasteiger partial charge in [-0.05, 0) is 118 Å². The van der Waals surface area contributed by atoms with Crippen molar-refractivity contribution in [2.24, 2.45) is 0 Å². The smallest absolute Gasteiger partial charge is 0.242 e. The van der Waals surface area contributed by atoms with Crippen LogP contribution in [0.15, 0.2) is 72.8 Å². The van der Waals surface area contributed by atoms with E-state index in [1.807, 2.05) is 48.5 Å². The molecule has 1 atom stereocenters. The Morgan fingerprint density at radius 1 is 0.675 bits per heavy atom. The molecule has 1 unspecified atom stereocenters. The standard InChI is InChI=1S/C33H40N4O3/c38-30-16-10-27(11-17-30)23-31(37-20-2-1-3-21-37)33(40)35-29-14-8-26(9-15-29)22-25-6-12-28(13-7-25)34-32(39)24-36-18-4-5-19-36/h6-17,31,38H,1-5,18-24H2,(H,34,39)(H,35,40). The Balaban J connectivity index is 1.15. The highest BCUT2D eigenvalue weighted by molar-refractivity contribution is 5.95. The zero-order chi connectivity index (χ0) is 27.7. The fraction of sp³-hybridized carbons (Fsp3) is 0.394. The number of likely N-dealkylation sites (tertiary alicyclic amines) is 2. The molecule has 7 nitrogen and oxygen atoms in total. The van der Waals surface area contributed by atoms with Gasteiger partial charge in [-0.25, -0.2) is 0 Å². The number of phenolic OH excluding ortho intramolecular Hbond substituents is 1. The molecule has 2 aliphatic heterocycles. The minimum atomic E-state index is -0.251. The number of rotatable bonds is 10. The molecule has 7 heteroatoms. The number of amides is 2. The molecule has 0 saturated carbocycles. The summed E-state index contributed by atoms with van der Waals surface area (Å²) in [5.74, 6) is 0.279. The Hall–Kier alpha value is -3.68. The van der Waals surface area contributed by atoms with E-state index >= 15 is 0 Å². The van der Waals surface area contributed by atoms with Crippen molar-refractivity contribution in [1.82, 2.24) is 9.80 Å². The molecule has 40 heavy (non-hydrogen) atoms. The fourth-order valence-corrected chi connectivity index (χ4v) is 5.69. The van der Waals surface area contributed by atoms with E-state index in [4.69, 9.17) is 0 Å². The Bertz CT molecular complexity index is 1250. The molecule has 2 heterocycles.